The molecule has 6 heteroatoms. The van der Waals surface area contributed by atoms with E-state index in [1.54, 1.807) is 29.5 Å². The number of halogens is 1. The smallest absolute Gasteiger partial charge is 0.237 e. The van der Waals surface area contributed by atoms with Gasteiger partial charge in [-0.2, -0.15) is 0 Å². The van der Waals surface area contributed by atoms with Gasteiger partial charge in [0.2, 0.25) is 5.91 Å². The van der Waals surface area contributed by atoms with Crippen molar-refractivity contribution in [2.75, 3.05) is 11.1 Å². The first-order valence-corrected chi connectivity index (χ1v) is 7.76. The lowest BCUT2D eigenvalue weighted by Gasteiger charge is -2.12. The van der Waals surface area contributed by atoms with Gasteiger partial charge in [0.15, 0.2) is 0 Å². The van der Waals surface area contributed by atoms with Gasteiger partial charge in [0.05, 0.1) is 20.8 Å². The number of thiophene rings is 1. The summed E-state index contributed by atoms with van der Waals surface area (Å²) in [6.07, 6.45) is 0. The lowest BCUT2D eigenvalue weighted by Crippen LogP contribution is -2.22. The number of nitrogens with one attached hydrogen (secondary N) is 1. The highest BCUT2D eigenvalue weighted by Gasteiger charge is 2.16. The highest BCUT2D eigenvalue weighted by Crippen LogP contribution is 2.29. The topological polar surface area (TPSA) is 55.1 Å². The van der Waals surface area contributed by atoms with Gasteiger partial charge in [-0.15, -0.1) is 23.1 Å². The second kappa shape index (κ2) is 6.32. The Bertz CT molecular complexity index is 572. The van der Waals surface area contributed by atoms with Crippen LogP contribution in [0.25, 0.3) is 0 Å². The molecule has 0 saturated heterocycles. The standard InChI is InChI=1S/C13H13ClN2OS2/c1-8(19-12-3-2-6-18-12)13(17)16-11-5-4-9(14)7-10(11)15/h2-8H,15H2,1H3,(H,16,17). The molecule has 2 aromatic rings. The van der Waals surface area contributed by atoms with E-state index < -0.39 is 0 Å². The third kappa shape index (κ3) is 3.89. The number of benzene rings is 1. The molecule has 1 unspecified atom stereocenters. The predicted molar refractivity (Wildman–Crippen MR) is 84.1 cm³/mol. The molecule has 1 aromatic heterocycles. The van der Waals surface area contributed by atoms with E-state index in [0.29, 0.717) is 16.4 Å². The number of nitrogen functional groups attached to an aromatic ring is 1. The molecule has 19 heavy (non-hydrogen) atoms. The third-order valence-corrected chi connectivity index (χ3v) is 4.84. The highest BCUT2D eigenvalue weighted by molar-refractivity contribution is 8.02. The Kier molecular flexibility index (Phi) is 4.74. The van der Waals surface area contributed by atoms with Crippen molar-refractivity contribution in [2.24, 2.45) is 0 Å². The van der Waals surface area contributed by atoms with Crippen LogP contribution in [0.4, 0.5) is 11.4 Å². The lowest BCUT2D eigenvalue weighted by molar-refractivity contribution is -0.115. The molecule has 0 aliphatic rings. The van der Waals surface area contributed by atoms with Crippen molar-refractivity contribution in [3.8, 4) is 0 Å². The summed E-state index contributed by atoms with van der Waals surface area (Å²) in [5, 5.41) is 5.17. The molecule has 1 heterocycles. The summed E-state index contributed by atoms with van der Waals surface area (Å²) in [6, 6.07) is 8.99. The Morgan fingerprint density at radius 1 is 1.47 bits per heavy atom. The van der Waals surface area contributed by atoms with Crippen LogP contribution in [0.1, 0.15) is 6.92 Å². The van der Waals surface area contributed by atoms with Crippen molar-refractivity contribution in [1.82, 2.24) is 0 Å². The van der Waals surface area contributed by atoms with Crippen LogP contribution in [-0.2, 0) is 4.79 Å². The number of anilines is 2. The van der Waals surface area contributed by atoms with Crippen LogP contribution in [0.2, 0.25) is 5.02 Å². The Balaban J connectivity index is 2.00. The van der Waals surface area contributed by atoms with Crippen LogP contribution in [0.3, 0.4) is 0 Å². The summed E-state index contributed by atoms with van der Waals surface area (Å²) in [4.78, 5) is 12.1. The zero-order valence-electron chi connectivity index (χ0n) is 10.2. The van der Waals surface area contributed by atoms with Gasteiger partial charge < -0.3 is 11.1 Å². The SMILES string of the molecule is CC(Sc1cccs1)C(=O)Nc1ccc(Cl)cc1N. The van der Waals surface area contributed by atoms with E-state index in [2.05, 4.69) is 5.32 Å². The molecule has 1 aromatic carbocycles. The van der Waals surface area contributed by atoms with E-state index in [1.165, 1.54) is 11.8 Å². The average molecular weight is 313 g/mol. The second-order valence-corrected chi connectivity index (χ2v) is 6.94. The quantitative estimate of drug-likeness (QED) is 0.660. The number of carbonyl (C=O) groups is 1. The Morgan fingerprint density at radius 3 is 2.89 bits per heavy atom. The van der Waals surface area contributed by atoms with E-state index in [-0.39, 0.29) is 11.2 Å². The molecular formula is C13H13ClN2OS2. The van der Waals surface area contributed by atoms with Crippen molar-refractivity contribution in [3.05, 3.63) is 40.7 Å². The number of hydrogen-bond acceptors (Lipinski definition) is 4. The van der Waals surface area contributed by atoms with Crippen LogP contribution in [0.15, 0.2) is 39.9 Å². The average Bonchev–Trinajstić information content (AvgIpc) is 2.85. The predicted octanol–water partition coefficient (Wildman–Crippen LogP) is 4.10. The molecule has 3 nitrogen and oxygen atoms in total. The largest absolute Gasteiger partial charge is 0.397 e. The number of carbonyl (C=O) groups excluding carboxylic acids is 1. The Morgan fingerprint density at radius 2 is 2.26 bits per heavy atom. The fourth-order valence-electron chi connectivity index (χ4n) is 1.44. The van der Waals surface area contributed by atoms with Gasteiger partial charge in [0.1, 0.15) is 0 Å². The Labute approximate surface area is 125 Å². The fraction of sp³-hybridized carbons (Fsp3) is 0.154. The molecule has 0 aliphatic heterocycles. The monoisotopic (exact) mass is 312 g/mol. The molecule has 0 spiro atoms. The summed E-state index contributed by atoms with van der Waals surface area (Å²) in [6.45, 7) is 1.87. The van der Waals surface area contributed by atoms with Crippen LogP contribution in [0, 0.1) is 0 Å². The van der Waals surface area contributed by atoms with Gasteiger partial charge in [-0.05, 0) is 36.6 Å². The number of nitrogens with two attached hydrogens (primary N) is 1. The van der Waals surface area contributed by atoms with Gasteiger partial charge >= 0.3 is 0 Å². The minimum absolute atomic E-state index is 0.0765. The molecule has 0 bridgehead atoms. The minimum Gasteiger partial charge on any atom is -0.397 e. The van der Waals surface area contributed by atoms with Gasteiger partial charge in [0, 0.05) is 5.02 Å². The first-order valence-electron chi connectivity index (χ1n) is 5.62. The molecule has 0 radical (unpaired) electrons. The molecule has 0 aliphatic carbocycles. The lowest BCUT2D eigenvalue weighted by atomic mass is 10.2. The van der Waals surface area contributed by atoms with Gasteiger partial charge in [-0.3, -0.25) is 4.79 Å². The second-order valence-electron chi connectivity index (χ2n) is 3.91. The minimum atomic E-state index is -0.186. The maximum atomic E-state index is 12.1. The summed E-state index contributed by atoms with van der Waals surface area (Å²) >= 11 is 8.96. The van der Waals surface area contributed by atoms with E-state index in [0.717, 1.165) is 4.21 Å². The van der Waals surface area contributed by atoms with E-state index in [1.807, 2.05) is 24.4 Å². The number of amides is 1. The molecule has 1 atom stereocenters. The maximum Gasteiger partial charge on any atom is 0.237 e. The molecule has 1 amide bonds. The number of thioether (sulfide) groups is 1. The highest BCUT2D eigenvalue weighted by atomic mass is 35.5. The molecule has 2 rings (SSSR count). The van der Waals surface area contributed by atoms with Crippen molar-refractivity contribution in [1.29, 1.82) is 0 Å². The first-order chi connectivity index (χ1) is 9.06. The zero-order valence-corrected chi connectivity index (χ0v) is 12.6. The van der Waals surface area contributed by atoms with Crippen molar-refractivity contribution in [3.63, 3.8) is 0 Å². The van der Waals surface area contributed by atoms with E-state index in [4.69, 9.17) is 17.3 Å². The first kappa shape index (κ1) is 14.2. The molecule has 0 saturated carbocycles. The molecule has 0 fully saturated rings. The third-order valence-electron chi connectivity index (χ3n) is 2.43. The van der Waals surface area contributed by atoms with Crippen LogP contribution >= 0.6 is 34.7 Å². The number of rotatable bonds is 4. The van der Waals surface area contributed by atoms with Crippen LogP contribution in [-0.4, -0.2) is 11.2 Å². The van der Waals surface area contributed by atoms with Crippen LogP contribution < -0.4 is 11.1 Å². The van der Waals surface area contributed by atoms with Crippen molar-refractivity contribution in [2.45, 2.75) is 16.4 Å². The normalized spacial score (nSPS) is 12.1. The van der Waals surface area contributed by atoms with Gasteiger partial charge in [0.25, 0.3) is 0 Å². The summed E-state index contributed by atoms with van der Waals surface area (Å²) < 4.78 is 1.12. The summed E-state index contributed by atoms with van der Waals surface area (Å²) in [5.74, 6) is -0.0765. The summed E-state index contributed by atoms with van der Waals surface area (Å²) in [5.41, 5.74) is 6.86. The molecule has 100 valence electrons. The number of hydrogen-bond donors (Lipinski definition) is 2. The molecular weight excluding hydrogens is 300 g/mol. The molecule has 3 N–H and O–H groups in total. The Hall–Kier alpha value is -1.17. The maximum absolute atomic E-state index is 12.1. The van der Waals surface area contributed by atoms with E-state index in [9.17, 15) is 4.79 Å². The van der Waals surface area contributed by atoms with E-state index >= 15 is 0 Å². The van der Waals surface area contributed by atoms with Crippen molar-refractivity contribution < 1.29 is 4.79 Å². The van der Waals surface area contributed by atoms with Gasteiger partial charge in [-0.1, -0.05) is 17.7 Å². The fourth-order valence-corrected chi connectivity index (χ4v) is 3.56. The van der Waals surface area contributed by atoms with Crippen LogP contribution in [0.5, 0.6) is 0 Å². The summed E-state index contributed by atoms with van der Waals surface area (Å²) in [7, 11) is 0. The zero-order chi connectivity index (χ0) is 13.8. The van der Waals surface area contributed by atoms with Crippen molar-refractivity contribution >= 4 is 52.0 Å². The van der Waals surface area contributed by atoms with Gasteiger partial charge in [-0.25, -0.2) is 0 Å².